The molecule has 2 amide bonds. The second kappa shape index (κ2) is 16.7. The molecule has 10 heteroatoms. The Labute approximate surface area is 368 Å². The van der Waals surface area contributed by atoms with Crippen molar-refractivity contribution in [1.82, 2.24) is 0 Å². The lowest BCUT2D eigenvalue weighted by Crippen LogP contribution is -3.00. The summed E-state index contributed by atoms with van der Waals surface area (Å²) in [7, 11) is 3.50. The Balaban J connectivity index is 0.00000544. The number of fused-ring (bicyclic) bond motifs is 10. The van der Waals surface area contributed by atoms with Crippen molar-refractivity contribution < 1.29 is 57.1 Å². The van der Waals surface area contributed by atoms with Crippen LogP contribution in [0.15, 0.2) is 0 Å². The minimum absolute atomic E-state index is 0. The van der Waals surface area contributed by atoms with E-state index < -0.39 is 24.4 Å². The lowest BCUT2D eigenvalue weighted by molar-refractivity contribution is -0.736. The zero-order valence-corrected chi connectivity index (χ0v) is 39.2. The molecular weight excluding hydrogens is 778 g/mol. The highest BCUT2D eigenvalue weighted by atomic mass is 35.5. The molecule has 0 aromatic rings. The molecular formula is C50H84ClNO8. The summed E-state index contributed by atoms with van der Waals surface area (Å²) in [6.45, 7) is 13.7. The van der Waals surface area contributed by atoms with E-state index in [1.165, 1.54) is 0 Å². The summed E-state index contributed by atoms with van der Waals surface area (Å²) in [6, 6.07) is 0. The van der Waals surface area contributed by atoms with E-state index in [2.05, 4.69) is 41.5 Å². The van der Waals surface area contributed by atoms with Gasteiger partial charge in [0.1, 0.15) is 0 Å². The van der Waals surface area contributed by atoms with Gasteiger partial charge in [0, 0.05) is 0 Å². The lowest BCUT2D eigenvalue weighted by Gasteiger charge is -2.63. The normalized spacial score (nSPS) is 52.0. The van der Waals surface area contributed by atoms with Gasteiger partial charge in [0.25, 0.3) is 0 Å². The van der Waals surface area contributed by atoms with Gasteiger partial charge in [-0.15, -0.1) is 0 Å². The summed E-state index contributed by atoms with van der Waals surface area (Å²) in [5, 5.41) is 68.4. The average molecular weight is 863 g/mol. The zero-order valence-electron chi connectivity index (χ0n) is 38.4. The fourth-order valence-electron chi connectivity index (χ4n) is 18.1. The maximum Gasteiger partial charge on any atom is 0.320 e. The standard InChI is InChI=1S/C50H84NO8.ClH/c1-27(33-11-13-35-45-37(25-41(56)49(33,35)5)47(3)19-17-31(52)21-29(47)23-39(45)54)9-15-43(58)51(7,8)44(59)16-10-28(2)34-12-14-36-46-38(26-42(57)50(34,36)6)48(4)20-18-32(53)22-30(48)24-40(46)55;/h27-42,45-46,52-57H,9-26H2,1-8H3;1H/q+1;/p-1. The number of hydrogen-bond acceptors (Lipinski definition) is 8. The topological polar surface area (TPSA) is 156 Å². The molecule has 6 N–H and O–H groups in total. The quantitative estimate of drug-likeness (QED) is 0.201. The monoisotopic (exact) mass is 862 g/mol. The Kier molecular flexibility index (Phi) is 13.1. The summed E-state index contributed by atoms with van der Waals surface area (Å²) in [4.78, 5) is 27.9. The van der Waals surface area contributed by atoms with Crippen LogP contribution in [-0.4, -0.2) is 97.7 Å². The number of aliphatic hydroxyl groups is 6. The summed E-state index contributed by atoms with van der Waals surface area (Å²) >= 11 is 0. The van der Waals surface area contributed by atoms with E-state index in [0.717, 1.165) is 77.0 Å². The van der Waals surface area contributed by atoms with Gasteiger partial charge in [-0.1, -0.05) is 41.5 Å². The third kappa shape index (κ3) is 7.17. The van der Waals surface area contributed by atoms with E-state index >= 15 is 0 Å². The Hall–Kier alpha value is -0.650. The molecule has 8 aliphatic rings. The van der Waals surface area contributed by atoms with E-state index in [-0.39, 0.29) is 122 Å². The molecule has 22 atom stereocenters. The number of rotatable bonds is 8. The van der Waals surface area contributed by atoms with Gasteiger partial charge in [-0.2, -0.15) is 0 Å². The van der Waals surface area contributed by atoms with Crippen LogP contribution in [0.25, 0.3) is 0 Å². The summed E-state index contributed by atoms with van der Waals surface area (Å²) in [5.74, 6) is 2.65. The van der Waals surface area contributed by atoms with Crippen LogP contribution in [-0.2, 0) is 9.59 Å². The number of quaternary nitrogens is 1. The van der Waals surface area contributed by atoms with E-state index in [0.29, 0.717) is 50.4 Å². The summed E-state index contributed by atoms with van der Waals surface area (Å²) in [6.07, 6.45) is 11.5. The molecule has 0 spiro atoms. The maximum absolute atomic E-state index is 13.9. The van der Waals surface area contributed by atoms with Crippen LogP contribution in [0.3, 0.4) is 0 Å². The van der Waals surface area contributed by atoms with Crippen molar-refractivity contribution in [2.75, 3.05) is 14.1 Å². The number of imide groups is 1. The maximum atomic E-state index is 13.9. The van der Waals surface area contributed by atoms with Crippen LogP contribution in [0.5, 0.6) is 0 Å². The second-order valence-corrected chi connectivity index (χ2v) is 24.3. The average Bonchev–Trinajstić information content (AvgIpc) is 3.73. The minimum atomic E-state index is -0.464. The van der Waals surface area contributed by atoms with Crippen LogP contribution in [0.1, 0.15) is 157 Å². The smallest absolute Gasteiger partial charge is 0.320 e. The highest BCUT2D eigenvalue weighted by Gasteiger charge is 2.67. The number of aliphatic hydroxyl groups excluding tert-OH is 6. The highest BCUT2D eigenvalue weighted by molar-refractivity contribution is 5.84. The van der Waals surface area contributed by atoms with Crippen molar-refractivity contribution in [3.63, 3.8) is 0 Å². The third-order valence-corrected chi connectivity index (χ3v) is 21.9. The van der Waals surface area contributed by atoms with Gasteiger partial charge >= 0.3 is 11.8 Å². The van der Waals surface area contributed by atoms with E-state index in [4.69, 9.17) is 0 Å². The number of carbonyl (C=O) groups is 2. The van der Waals surface area contributed by atoms with Crippen molar-refractivity contribution in [2.24, 2.45) is 92.7 Å². The van der Waals surface area contributed by atoms with E-state index in [9.17, 15) is 40.2 Å². The van der Waals surface area contributed by atoms with Crippen LogP contribution < -0.4 is 12.4 Å². The largest absolute Gasteiger partial charge is 1.00 e. The van der Waals surface area contributed by atoms with Crippen molar-refractivity contribution in [3.05, 3.63) is 0 Å². The number of halogens is 1. The first-order valence-corrected chi connectivity index (χ1v) is 24.6. The van der Waals surface area contributed by atoms with Gasteiger partial charge in [-0.3, -0.25) is 0 Å². The number of amides is 2. The molecule has 344 valence electrons. The van der Waals surface area contributed by atoms with Crippen molar-refractivity contribution >= 4 is 11.8 Å². The molecule has 0 heterocycles. The molecule has 9 nitrogen and oxygen atoms in total. The predicted octanol–water partition coefficient (Wildman–Crippen LogP) is 3.88. The van der Waals surface area contributed by atoms with Crippen molar-refractivity contribution in [1.29, 1.82) is 0 Å². The van der Waals surface area contributed by atoms with Gasteiger partial charge < -0.3 is 43.0 Å². The second-order valence-electron chi connectivity index (χ2n) is 24.3. The SMILES string of the molecule is CC(CCC(=O)[N+](C)(C)C(=O)CCC(C)C1CCC2C3C(O)CC4CC(O)CCC4(C)C3CC(O)C12C)C1CCC2C3C(O)CC4CC(O)CCC4(C)C3CC(O)C12C.[Cl-]. The van der Waals surface area contributed by atoms with Crippen LogP contribution in [0.2, 0.25) is 0 Å². The van der Waals surface area contributed by atoms with Crippen LogP contribution >= 0.6 is 0 Å². The predicted molar refractivity (Wildman–Crippen MR) is 227 cm³/mol. The van der Waals surface area contributed by atoms with Crippen LogP contribution in [0, 0.1) is 92.7 Å². The lowest BCUT2D eigenvalue weighted by atomic mass is 9.43. The van der Waals surface area contributed by atoms with Crippen LogP contribution in [0.4, 0.5) is 0 Å². The van der Waals surface area contributed by atoms with Gasteiger partial charge in [-0.05, 0) is 195 Å². The van der Waals surface area contributed by atoms with Gasteiger partial charge in [0.15, 0.2) is 0 Å². The van der Waals surface area contributed by atoms with Crippen molar-refractivity contribution in [2.45, 2.75) is 194 Å². The molecule has 60 heavy (non-hydrogen) atoms. The molecule has 0 bridgehead atoms. The first-order valence-electron chi connectivity index (χ1n) is 24.6. The van der Waals surface area contributed by atoms with Gasteiger partial charge in [0.2, 0.25) is 0 Å². The molecule has 22 unspecified atom stereocenters. The molecule has 8 fully saturated rings. The number of nitrogens with zero attached hydrogens (tertiary/aromatic N) is 1. The Morgan fingerprint density at radius 3 is 1.28 bits per heavy atom. The summed E-state index contributed by atoms with van der Waals surface area (Å²) in [5.41, 5.74) is -0.571. The fourth-order valence-corrected chi connectivity index (χ4v) is 18.1. The highest BCUT2D eigenvalue weighted by Crippen LogP contribution is 2.70. The Morgan fingerprint density at radius 1 is 0.550 bits per heavy atom. The summed E-state index contributed by atoms with van der Waals surface area (Å²) < 4.78 is -0.269. The molecule has 0 radical (unpaired) electrons. The number of carbonyl (C=O) groups excluding carboxylic acids is 2. The third-order valence-electron chi connectivity index (χ3n) is 21.9. The Bertz CT molecular complexity index is 1480. The van der Waals surface area contributed by atoms with Gasteiger partial charge in [-0.25, -0.2) is 14.1 Å². The minimum Gasteiger partial charge on any atom is -1.00 e. The molecule has 8 aliphatic carbocycles. The Morgan fingerprint density at radius 2 is 0.917 bits per heavy atom. The fraction of sp³-hybridized carbons (Fsp3) is 0.960. The molecule has 0 aliphatic heterocycles. The molecule has 0 aromatic carbocycles. The van der Waals surface area contributed by atoms with E-state index in [1.54, 1.807) is 14.1 Å². The molecule has 0 saturated heterocycles. The number of hydrogen-bond donors (Lipinski definition) is 6. The van der Waals surface area contributed by atoms with E-state index in [1.807, 2.05) is 0 Å². The first-order chi connectivity index (χ1) is 27.6. The zero-order chi connectivity index (χ0) is 42.8. The first kappa shape index (κ1) is 47.3. The molecule has 8 rings (SSSR count). The van der Waals surface area contributed by atoms with Crippen molar-refractivity contribution in [3.8, 4) is 0 Å². The molecule has 8 saturated carbocycles. The molecule has 0 aromatic heterocycles. The van der Waals surface area contributed by atoms with Gasteiger partial charge in [0.05, 0.1) is 63.6 Å².